The van der Waals surface area contributed by atoms with Crippen LogP contribution >= 0.6 is 0 Å². The molecule has 0 fully saturated rings. The predicted molar refractivity (Wildman–Crippen MR) is 69.6 cm³/mol. The van der Waals surface area contributed by atoms with E-state index in [1.807, 2.05) is 26.0 Å². The number of hydrogen-bond acceptors (Lipinski definition) is 1. The van der Waals surface area contributed by atoms with Crippen LogP contribution in [0.3, 0.4) is 0 Å². The first-order valence-electron chi connectivity index (χ1n) is 5.81. The molecule has 0 aliphatic carbocycles. The molecule has 0 bridgehead atoms. The zero-order chi connectivity index (χ0) is 13.1. The first kappa shape index (κ1) is 12.6. The first-order chi connectivity index (χ1) is 8.56. The summed E-state index contributed by atoms with van der Waals surface area (Å²) in [6.07, 6.45) is 0. The van der Waals surface area contributed by atoms with Crippen molar-refractivity contribution in [1.29, 1.82) is 0 Å². The van der Waals surface area contributed by atoms with Gasteiger partial charge in [0.2, 0.25) is 0 Å². The summed E-state index contributed by atoms with van der Waals surface area (Å²) in [4.78, 5) is 0. The Labute approximate surface area is 105 Å². The van der Waals surface area contributed by atoms with Gasteiger partial charge in [-0.15, -0.1) is 0 Å². The summed E-state index contributed by atoms with van der Waals surface area (Å²) in [5.41, 5.74) is 3.51. The van der Waals surface area contributed by atoms with Crippen LogP contribution in [0.2, 0.25) is 0 Å². The Bertz CT molecular complexity index is 544. The van der Waals surface area contributed by atoms with Crippen LogP contribution in [0.1, 0.15) is 16.7 Å². The van der Waals surface area contributed by atoms with E-state index in [-0.39, 0.29) is 6.54 Å². The van der Waals surface area contributed by atoms with E-state index in [1.54, 1.807) is 6.07 Å². The molecule has 0 aliphatic rings. The van der Waals surface area contributed by atoms with Gasteiger partial charge >= 0.3 is 0 Å². The lowest BCUT2D eigenvalue weighted by molar-refractivity contribution is 0.500. The largest absolute Gasteiger partial charge is 0.381 e. The molecule has 0 saturated carbocycles. The highest BCUT2D eigenvalue weighted by Crippen LogP contribution is 2.17. The molecular formula is C15H15F2N. The van der Waals surface area contributed by atoms with Crippen molar-refractivity contribution in [2.75, 3.05) is 5.32 Å². The van der Waals surface area contributed by atoms with Crippen molar-refractivity contribution in [3.8, 4) is 0 Å². The minimum absolute atomic E-state index is 0.270. The molecule has 0 amide bonds. The number of benzene rings is 2. The predicted octanol–water partition coefficient (Wildman–Crippen LogP) is 4.19. The molecule has 0 saturated heterocycles. The Morgan fingerprint density at radius 2 is 1.67 bits per heavy atom. The van der Waals surface area contributed by atoms with Gasteiger partial charge in [0.15, 0.2) is 11.6 Å². The quantitative estimate of drug-likeness (QED) is 0.857. The van der Waals surface area contributed by atoms with E-state index in [0.29, 0.717) is 5.56 Å². The molecule has 1 nitrogen and oxygen atoms in total. The summed E-state index contributed by atoms with van der Waals surface area (Å²) >= 11 is 0. The molecule has 0 spiro atoms. The molecule has 94 valence electrons. The SMILES string of the molecule is Cc1cc(C)cc(NCc2cccc(F)c2F)c1. The van der Waals surface area contributed by atoms with Gasteiger partial charge in [-0.2, -0.15) is 0 Å². The highest BCUT2D eigenvalue weighted by atomic mass is 19.2. The van der Waals surface area contributed by atoms with Crippen molar-refractivity contribution in [3.63, 3.8) is 0 Å². The molecule has 1 N–H and O–H groups in total. The van der Waals surface area contributed by atoms with Crippen molar-refractivity contribution in [2.24, 2.45) is 0 Å². The molecular weight excluding hydrogens is 232 g/mol. The van der Waals surface area contributed by atoms with Crippen LogP contribution in [0.5, 0.6) is 0 Å². The minimum Gasteiger partial charge on any atom is -0.381 e. The highest BCUT2D eigenvalue weighted by molar-refractivity contribution is 5.48. The summed E-state index contributed by atoms with van der Waals surface area (Å²) in [5, 5.41) is 3.10. The molecule has 3 heteroatoms. The van der Waals surface area contributed by atoms with Gasteiger partial charge in [0.05, 0.1) is 0 Å². The van der Waals surface area contributed by atoms with Crippen LogP contribution in [0, 0.1) is 25.5 Å². The summed E-state index contributed by atoms with van der Waals surface area (Å²) in [7, 11) is 0. The Kier molecular flexibility index (Phi) is 3.60. The van der Waals surface area contributed by atoms with E-state index in [0.717, 1.165) is 22.9 Å². The zero-order valence-electron chi connectivity index (χ0n) is 10.4. The second kappa shape index (κ2) is 5.17. The third-order valence-electron chi connectivity index (χ3n) is 2.74. The fourth-order valence-electron chi connectivity index (χ4n) is 1.96. The maximum atomic E-state index is 13.4. The normalized spacial score (nSPS) is 10.4. The second-order valence-corrected chi connectivity index (χ2v) is 4.44. The number of hydrogen-bond donors (Lipinski definition) is 1. The van der Waals surface area contributed by atoms with Crippen molar-refractivity contribution in [1.82, 2.24) is 0 Å². The van der Waals surface area contributed by atoms with Crippen molar-refractivity contribution < 1.29 is 8.78 Å². The van der Waals surface area contributed by atoms with Crippen molar-refractivity contribution in [2.45, 2.75) is 20.4 Å². The maximum absolute atomic E-state index is 13.4. The van der Waals surface area contributed by atoms with Gasteiger partial charge in [0, 0.05) is 17.8 Å². The van der Waals surface area contributed by atoms with Crippen LogP contribution in [-0.2, 0) is 6.54 Å². The van der Waals surface area contributed by atoms with E-state index in [9.17, 15) is 8.78 Å². The molecule has 0 atom stereocenters. The smallest absolute Gasteiger partial charge is 0.163 e. The Morgan fingerprint density at radius 3 is 2.33 bits per heavy atom. The average molecular weight is 247 g/mol. The summed E-state index contributed by atoms with van der Waals surface area (Å²) < 4.78 is 26.5. The van der Waals surface area contributed by atoms with Crippen LogP contribution in [0.4, 0.5) is 14.5 Å². The summed E-state index contributed by atoms with van der Waals surface area (Å²) in [6.45, 7) is 4.27. The number of rotatable bonds is 3. The first-order valence-corrected chi connectivity index (χ1v) is 5.81. The van der Waals surface area contributed by atoms with E-state index in [4.69, 9.17) is 0 Å². The Balaban J connectivity index is 2.14. The zero-order valence-corrected chi connectivity index (χ0v) is 10.4. The van der Waals surface area contributed by atoms with E-state index >= 15 is 0 Å². The molecule has 0 aliphatic heterocycles. The molecule has 0 aromatic heterocycles. The van der Waals surface area contributed by atoms with Gasteiger partial charge in [-0.1, -0.05) is 18.2 Å². The van der Waals surface area contributed by atoms with Crippen molar-refractivity contribution >= 4 is 5.69 Å². The van der Waals surface area contributed by atoms with Crippen LogP contribution in [-0.4, -0.2) is 0 Å². The summed E-state index contributed by atoms with van der Waals surface area (Å²) in [6, 6.07) is 10.2. The third-order valence-corrected chi connectivity index (χ3v) is 2.74. The molecule has 0 unspecified atom stereocenters. The van der Waals surface area contributed by atoms with Gasteiger partial charge in [0.25, 0.3) is 0 Å². The van der Waals surface area contributed by atoms with Crippen LogP contribution in [0.25, 0.3) is 0 Å². The lowest BCUT2D eigenvalue weighted by Gasteiger charge is -2.09. The minimum atomic E-state index is -0.810. The second-order valence-electron chi connectivity index (χ2n) is 4.44. The summed E-state index contributed by atoms with van der Waals surface area (Å²) in [5.74, 6) is -1.59. The average Bonchev–Trinajstić information content (AvgIpc) is 2.30. The van der Waals surface area contributed by atoms with Gasteiger partial charge in [0.1, 0.15) is 0 Å². The Hall–Kier alpha value is -1.90. The van der Waals surface area contributed by atoms with E-state index in [2.05, 4.69) is 11.4 Å². The molecule has 2 aromatic rings. The maximum Gasteiger partial charge on any atom is 0.163 e. The number of nitrogens with one attached hydrogen (secondary N) is 1. The van der Waals surface area contributed by atoms with E-state index < -0.39 is 11.6 Å². The fourth-order valence-corrected chi connectivity index (χ4v) is 1.96. The number of aryl methyl sites for hydroxylation is 2. The molecule has 2 rings (SSSR count). The molecule has 2 aromatic carbocycles. The van der Waals surface area contributed by atoms with E-state index in [1.165, 1.54) is 6.07 Å². The number of anilines is 1. The monoisotopic (exact) mass is 247 g/mol. The lowest BCUT2D eigenvalue weighted by atomic mass is 10.1. The molecule has 0 radical (unpaired) electrons. The van der Waals surface area contributed by atoms with Crippen LogP contribution in [0.15, 0.2) is 36.4 Å². The van der Waals surface area contributed by atoms with Crippen LogP contribution < -0.4 is 5.32 Å². The topological polar surface area (TPSA) is 12.0 Å². The van der Waals surface area contributed by atoms with Gasteiger partial charge in [-0.3, -0.25) is 0 Å². The van der Waals surface area contributed by atoms with Gasteiger partial charge < -0.3 is 5.32 Å². The standard InChI is InChI=1S/C15H15F2N/c1-10-6-11(2)8-13(7-10)18-9-12-4-3-5-14(16)15(12)17/h3-8,18H,9H2,1-2H3. The van der Waals surface area contributed by atoms with Crippen molar-refractivity contribution in [3.05, 3.63) is 64.7 Å². The number of halogens is 2. The third kappa shape index (κ3) is 2.86. The van der Waals surface area contributed by atoms with Gasteiger partial charge in [-0.05, 0) is 43.2 Å². The Morgan fingerprint density at radius 1 is 1.00 bits per heavy atom. The molecule has 18 heavy (non-hydrogen) atoms. The van der Waals surface area contributed by atoms with Gasteiger partial charge in [-0.25, -0.2) is 8.78 Å². The highest BCUT2D eigenvalue weighted by Gasteiger charge is 2.07. The molecule has 0 heterocycles. The lowest BCUT2D eigenvalue weighted by Crippen LogP contribution is -2.03. The fraction of sp³-hybridized carbons (Fsp3) is 0.200.